The number of terminal acetylenes is 1. The number of nitrogens with zero attached hydrogens (tertiary/aromatic N) is 2. The third-order valence-corrected chi connectivity index (χ3v) is 6.85. The van der Waals surface area contributed by atoms with Crippen LogP contribution in [-0.2, 0) is 6.42 Å². The summed E-state index contributed by atoms with van der Waals surface area (Å²) in [4.78, 5) is 2.53. The van der Waals surface area contributed by atoms with Crippen molar-refractivity contribution < 1.29 is 4.39 Å². The molecule has 0 amide bonds. The van der Waals surface area contributed by atoms with E-state index in [1.807, 2.05) is 12.1 Å². The zero-order valence-electron chi connectivity index (χ0n) is 20.2. The van der Waals surface area contributed by atoms with Crippen LogP contribution in [0.1, 0.15) is 68.6 Å². The molecule has 1 saturated heterocycles. The first-order chi connectivity index (χ1) is 16.0. The van der Waals surface area contributed by atoms with Crippen LogP contribution in [0, 0.1) is 30.0 Å². The van der Waals surface area contributed by atoms with Crippen LogP contribution in [0.15, 0.2) is 36.4 Å². The molecule has 33 heavy (non-hydrogen) atoms. The zero-order valence-corrected chi connectivity index (χ0v) is 20.2. The van der Waals surface area contributed by atoms with Gasteiger partial charge in [0.1, 0.15) is 11.9 Å². The molecule has 2 aromatic carbocycles. The fraction of sp³-hybridized carbons (Fsp3) is 0.483. The Labute approximate surface area is 199 Å². The minimum atomic E-state index is -0.432. The van der Waals surface area contributed by atoms with Gasteiger partial charge in [0.2, 0.25) is 0 Å². The summed E-state index contributed by atoms with van der Waals surface area (Å²) in [6.45, 7) is 5.60. The summed E-state index contributed by atoms with van der Waals surface area (Å²) in [6, 6.07) is 15.1. The first-order valence-electron chi connectivity index (χ1n) is 12.1. The molecule has 2 aromatic rings. The van der Waals surface area contributed by atoms with Crippen molar-refractivity contribution >= 4 is 0 Å². The lowest BCUT2D eigenvalue weighted by Crippen LogP contribution is -2.40. The molecule has 1 aliphatic carbocycles. The van der Waals surface area contributed by atoms with Crippen LogP contribution in [0.5, 0.6) is 0 Å². The summed E-state index contributed by atoms with van der Waals surface area (Å²) < 4.78 is 14.4. The Hall–Kier alpha value is -2.66. The number of halogens is 1. The van der Waals surface area contributed by atoms with E-state index in [-0.39, 0.29) is 5.56 Å². The minimum Gasteiger partial charge on any atom is -0.312 e. The molecule has 1 heterocycles. The standard InChI is InChI=1S/C27H34FN3.C2H2/c1-18(2)30-23-7-5-13-31(3)24(16-23)14-21-6-4-8-25(27(21)19-9-10-19)20-11-12-22(17-29)26(28)15-20;1-2/h4,6,8,11-12,15,18-19,23-24,30H,5,7,9-10,13-14,16H2,1-3H3;1-2H/t23-,24?;/m0./s1. The Morgan fingerprint density at radius 1 is 1.18 bits per heavy atom. The average molecular weight is 446 g/mol. The maximum Gasteiger partial charge on any atom is 0.141 e. The van der Waals surface area contributed by atoms with Crippen molar-refractivity contribution in [3.8, 4) is 30.0 Å². The third kappa shape index (κ3) is 6.23. The lowest BCUT2D eigenvalue weighted by atomic mass is 9.88. The van der Waals surface area contributed by atoms with E-state index >= 15 is 0 Å². The number of likely N-dealkylation sites (tertiary alicyclic amines) is 1. The van der Waals surface area contributed by atoms with E-state index in [0.717, 1.165) is 30.5 Å². The number of benzene rings is 2. The van der Waals surface area contributed by atoms with E-state index in [9.17, 15) is 4.39 Å². The number of rotatable bonds is 6. The van der Waals surface area contributed by atoms with Gasteiger partial charge in [0, 0.05) is 18.1 Å². The lowest BCUT2D eigenvalue weighted by molar-refractivity contribution is 0.235. The maximum atomic E-state index is 14.4. The minimum absolute atomic E-state index is 0.108. The van der Waals surface area contributed by atoms with Crippen molar-refractivity contribution in [1.82, 2.24) is 10.2 Å². The maximum absolute atomic E-state index is 14.4. The quantitative estimate of drug-likeness (QED) is 0.564. The number of hydrogen-bond donors (Lipinski definition) is 1. The summed E-state index contributed by atoms with van der Waals surface area (Å²) in [5.74, 6) is 0.142. The molecule has 174 valence electrons. The van der Waals surface area contributed by atoms with Gasteiger partial charge in [0.05, 0.1) is 5.56 Å². The predicted molar refractivity (Wildman–Crippen MR) is 134 cm³/mol. The zero-order chi connectivity index (χ0) is 24.0. The lowest BCUT2D eigenvalue weighted by Gasteiger charge is -2.30. The van der Waals surface area contributed by atoms with Gasteiger partial charge in [-0.3, -0.25) is 0 Å². The molecule has 0 aromatic heterocycles. The second-order valence-corrected chi connectivity index (χ2v) is 9.69. The first kappa shape index (κ1) is 25.0. The molecule has 1 N–H and O–H groups in total. The van der Waals surface area contributed by atoms with Crippen LogP contribution >= 0.6 is 0 Å². The fourth-order valence-electron chi connectivity index (χ4n) is 5.18. The van der Waals surface area contributed by atoms with Crippen LogP contribution in [0.2, 0.25) is 0 Å². The van der Waals surface area contributed by atoms with E-state index in [0.29, 0.717) is 24.0 Å². The summed E-state index contributed by atoms with van der Waals surface area (Å²) in [7, 11) is 2.26. The largest absolute Gasteiger partial charge is 0.312 e. The van der Waals surface area contributed by atoms with Crippen molar-refractivity contribution in [3.63, 3.8) is 0 Å². The summed E-state index contributed by atoms with van der Waals surface area (Å²) in [6.07, 6.45) is 15.1. The van der Waals surface area contributed by atoms with Gasteiger partial charge in [-0.2, -0.15) is 5.26 Å². The molecule has 0 spiro atoms. The van der Waals surface area contributed by atoms with Gasteiger partial charge in [-0.05, 0) is 92.4 Å². The fourth-order valence-corrected chi connectivity index (χ4v) is 5.18. The molecule has 1 unspecified atom stereocenters. The summed E-state index contributed by atoms with van der Waals surface area (Å²) in [5, 5.41) is 12.9. The second-order valence-electron chi connectivity index (χ2n) is 9.69. The highest BCUT2D eigenvalue weighted by atomic mass is 19.1. The van der Waals surface area contributed by atoms with Crippen LogP contribution in [0.4, 0.5) is 4.39 Å². The van der Waals surface area contributed by atoms with Gasteiger partial charge >= 0.3 is 0 Å². The van der Waals surface area contributed by atoms with E-state index in [1.54, 1.807) is 6.07 Å². The smallest absolute Gasteiger partial charge is 0.141 e. The molecule has 1 aliphatic heterocycles. The number of nitrogens with one attached hydrogen (secondary N) is 1. The summed E-state index contributed by atoms with van der Waals surface area (Å²) in [5.41, 5.74) is 4.94. The highest BCUT2D eigenvalue weighted by molar-refractivity contribution is 5.71. The van der Waals surface area contributed by atoms with Gasteiger partial charge < -0.3 is 10.2 Å². The molecule has 3 nitrogen and oxygen atoms in total. The van der Waals surface area contributed by atoms with Crippen molar-refractivity contribution in [1.29, 1.82) is 5.26 Å². The van der Waals surface area contributed by atoms with Crippen LogP contribution < -0.4 is 5.32 Å². The first-order valence-corrected chi connectivity index (χ1v) is 12.1. The van der Waals surface area contributed by atoms with E-state index in [2.05, 4.69) is 62.2 Å². The van der Waals surface area contributed by atoms with Gasteiger partial charge in [-0.1, -0.05) is 38.1 Å². The Kier molecular flexibility index (Phi) is 8.67. The van der Waals surface area contributed by atoms with Crippen LogP contribution in [0.3, 0.4) is 0 Å². The Morgan fingerprint density at radius 2 is 1.94 bits per heavy atom. The Balaban J connectivity index is 0.00000149. The van der Waals surface area contributed by atoms with E-state index < -0.39 is 5.82 Å². The second kappa shape index (κ2) is 11.5. The van der Waals surface area contributed by atoms with Crippen molar-refractivity contribution in [2.45, 2.75) is 76.4 Å². The van der Waals surface area contributed by atoms with Gasteiger partial charge in [0.25, 0.3) is 0 Å². The molecule has 1 saturated carbocycles. The van der Waals surface area contributed by atoms with E-state index in [1.165, 1.54) is 42.9 Å². The van der Waals surface area contributed by atoms with Crippen molar-refractivity contribution in [2.24, 2.45) is 0 Å². The molecule has 4 heteroatoms. The van der Waals surface area contributed by atoms with Crippen LogP contribution in [0.25, 0.3) is 11.1 Å². The highest BCUT2D eigenvalue weighted by Gasteiger charge is 2.31. The Bertz CT molecular complexity index is 1000. The number of likely N-dealkylation sites (N-methyl/N-ethyl adjacent to an activating group) is 1. The van der Waals surface area contributed by atoms with Gasteiger partial charge in [-0.25, -0.2) is 4.39 Å². The van der Waals surface area contributed by atoms with Gasteiger partial charge in [0.15, 0.2) is 0 Å². The molecule has 0 radical (unpaired) electrons. The molecule has 2 fully saturated rings. The molecular weight excluding hydrogens is 409 g/mol. The third-order valence-electron chi connectivity index (χ3n) is 6.85. The predicted octanol–water partition coefficient (Wildman–Crippen LogP) is 5.88. The summed E-state index contributed by atoms with van der Waals surface area (Å²) >= 11 is 0. The van der Waals surface area contributed by atoms with Crippen molar-refractivity contribution in [2.75, 3.05) is 13.6 Å². The number of hydrogen-bond acceptors (Lipinski definition) is 3. The monoisotopic (exact) mass is 445 g/mol. The normalized spacial score (nSPS) is 21.0. The molecule has 4 rings (SSSR count). The van der Waals surface area contributed by atoms with Gasteiger partial charge in [-0.15, -0.1) is 12.8 Å². The Morgan fingerprint density at radius 3 is 2.58 bits per heavy atom. The topological polar surface area (TPSA) is 39.1 Å². The average Bonchev–Trinajstić information content (AvgIpc) is 3.65. The molecular formula is C29H36FN3. The molecule has 0 bridgehead atoms. The highest BCUT2D eigenvalue weighted by Crippen LogP contribution is 2.46. The number of nitriles is 1. The van der Waals surface area contributed by atoms with E-state index in [4.69, 9.17) is 5.26 Å². The SMILES string of the molecule is C#C.CC(C)N[C@H]1CCCN(C)C(Cc2cccc(-c3ccc(C#N)c(F)c3)c2C2CC2)C1. The van der Waals surface area contributed by atoms with Crippen molar-refractivity contribution in [3.05, 3.63) is 58.9 Å². The van der Waals surface area contributed by atoms with Crippen LogP contribution in [-0.4, -0.2) is 36.6 Å². The molecule has 2 atom stereocenters. The molecule has 2 aliphatic rings.